The molecule has 0 bridgehead atoms. The van der Waals surface area contributed by atoms with Crippen molar-refractivity contribution < 1.29 is 9.47 Å². The molecule has 0 amide bonds. The third-order valence-corrected chi connectivity index (χ3v) is 6.96. The molecule has 192 valence electrons. The first-order chi connectivity index (χ1) is 17.8. The first kappa shape index (κ1) is 24.9. The second-order valence-corrected chi connectivity index (χ2v) is 9.65. The van der Waals surface area contributed by atoms with Gasteiger partial charge in [-0.25, -0.2) is 4.79 Å². The number of halogens is 1. The van der Waals surface area contributed by atoms with Gasteiger partial charge in [0.2, 0.25) is 5.78 Å². The van der Waals surface area contributed by atoms with E-state index in [1.807, 2.05) is 62.5 Å². The van der Waals surface area contributed by atoms with Crippen LogP contribution in [0.4, 0.5) is 0 Å². The van der Waals surface area contributed by atoms with Crippen molar-refractivity contribution in [2.75, 3.05) is 13.2 Å². The van der Waals surface area contributed by atoms with Crippen LogP contribution in [-0.2, 0) is 27.1 Å². The van der Waals surface area contributed by atoms with Crippen molar-refractivity contribution in [2.45, 2.75) is 26.8 Å². The number of ether oxygens (including phenoxy) is 2. The van der Waals surface area contributed by atoms with Crippen LogP contribution >= 0.6 is 15.9 Å². The van der Waals surface area contributed by atoms with Crippen LogP contribution in [0.1, 0.15) is 19.4 Å². The highest BCUT2D eigenvalue weighted by atomic mass is 79.9. The maximum atomic E-state index is 13.1. The van der Waals surface area contributed by atoms with Crippen LogP contribution in [0, 0.1) is 0 Å². The fourth-order valence-corrected chi connectivity index (χ4v) is 4.84. The minimum atomic E-state index is -0.407. The smallest absolute Gasteiger partial charge is 0.332 e. The predicted octanol–water partition coefficient (Wildman–Crippen LogP) is 4.16. The van der Waals surface area contributed by atoms with Crippen LogP contribution in [0.2, 0.25) is 0 Å². The molecule has 37 heavy (non-hydrogen) atoms. The minimum absolute atomic E-state index is 0.360. The molecule has 2 aromatic carbocycles. The number of imidazole rings is 2. The molecule has 0 saturated carbocycles. The Balaban J connectivity index is 1.65. The van der Waals surface area contributed by atoms with E-state index in [0.29, 0.717) is 43.1 Å². The molecule has 0 saturated heterocycles. The lowest BCUT2D eigenvalue weighted by Crippen LogP contribution is -2.37. The molecule has 0 atom stereocenters. The zero-order chi connectivity index (χ0) is 26.3. The number of rotatable bonds is 8. The van der Waals surface area contributed by atoms with Crippen molar-refractivity contribution in [2.24, 2.45) is 14.1 Å². The van der Waals surface area contributed by atoms with Gasteiger partial charge >= 0.3 is 5.69 Å². The molecule has 0 fully saturated rings. The van der Waals surface area contributed by atoms with Gasteiger partial charge in [0.25, 0.3) is 5.56 Å². The first-order valence-electron chi connectivity index (χ1n) is 12.2. The summed E-state index contributed by atoms with van der Waals surface area (Å²) in [6.45, 7) is 5.60. The molecule has 5 rings (SSSR count). The number of aromatic nitrogens is 5. The third-order valence-electron chi connectivity index (χ3n) is 6.43. The van der Waals surface area contributed by atoms with E-state index in [1.165, 1.54) is 11.6 Å². The largest absolute Gasteiger partial charge is 0.490 e. The quantitative estimate of drug-likeness (QED) is 0.282. The summed E-state index contributed by atoms with van der Waals surface area (Å²) in [6.07, 6.45) is 2.62. The maximum absolute atomic E-state index is 13.1. The van der Waals surface area contributed by atoms with E-state index in [4.69, 9.17) is 14.5 Å². The second-order valence-electron chi connectivity index (χ2n) is 8.73. The summed E-state index contributed by atoms with van der Waals surface area (Å²) < 4.78 is 18.9. The van der Waals surface area contributed by atoms with Gasteiger partial charge in [-0.3, -0.25) is 18.3 Å². The minimum Gasteiger partial charge on any atom is -0.490 e. The van der Waals surface area contributed by atoms with Gasteiger partial charge in [0, 0.05) is 31.3 Å². The number of aryl methyl sites for hydroxylation is 3. The summed E-state index contributed by atoms with van der Waals surface area (Å²) in [6, 6.07) is 14.0. The highest BCUT2D eigenvalue weighted by Gasteiger charge is 2.21. The Morgan fingerprint density at radius 3 is 2.32 bits per heavy atom. The number of hydrogen-bond donors (Lipinski definition) is 0. The normalized spacial score (nSPS) is 11.5. The van der Waals surface area contributed by atoms with Crippen LogP contribution in [-0.4, -0.2) is 36.3 Å². The molecule has 5 aromatic rings. The Morgan fingerprint density at radius 2 is 1.62 bits per heavy atom. The lowest BCUT2D eigenvalue weighted by molar-refractivity contribution is 0.287. The van der Waals surface area contributed by atoms with Crippen molar-refractivity contribution in [3.63, 3.8) is 0 Å². The summed E-state index contributed by atoms with van der Waals surface area (Å²) in [5.41, 5.74) is 2.94. The average molecular weight is 566 g/mol. The maximum Gasteiger partial charge on any atom is 0.332 e. The Labute approximate surface area is 221 Å². The fraction of sp³-hybridized carbons (Fsp3) is 0.296. The van der Waals surface area contributed by atoms with E-state index < -0.39 is 5.69 Å². The molecule has 0 aliphatic carbocycles. The number of hydrogen-bond acceptors (Lipinski definition) is 5. The summed E-state index contributed by atoms with van der Waals surface area (Å²) in [7, 11) is 3.11. The van der Waals surface area contributed by atoms with Crippen molar-refractivity contribution in [3.05, 3.63) is 79.5 Å². The lowest BCUT2D eigenvalue weighted by Gasteiger charge is -2.13. The van der Waals surface area contributed by atoms with E-state index in [1.54, 1.807) is 11.4 Å². The lowest BCUT2D eigenvalue weighted by atomic mass is 10.1. The van der Waals surface area contributed by atoms with Crippen molar-refractivity contribution in [3.8, 4) is 22.8 Å². The van der Waals surface area contributed by atoms with Gasteiger partial charge < -0.3 is 14.0 Å². The molecular formula is C27H28BrN5O4. The standard InChI is InChI=1S/C27H28BrN5O4/c1-5-36-21-12-7-17(15-22(21)37-6-2)13-14-32-20(18-8-10-19(28)11-9-18)16-33-23-24(29-26(32)33)30(3)27(35)31(4)25(23)34/h7-12,15-16H,5-6,13-14H2,1-4H3. The molecular weight excluding hydrogens is 538 g/mol. The number of fused-ring (bicyclic) bond motifs is 3. The van der Waals surface area contributed by atoms with Gasteiger partial charge in [-0.15, -0.1) is 0 Å². The zero-order valence-corrected chi connectivity index (χ0v) is 22.8. The topological polar surface area (TPSA) is 84.7 Å². The van der Waals surface area contributed by atoms with Crippen LogP contribution < -0.4 is 20.7 Å². The Kier molecular flexibility index (Phi) is 6.68. The van der Waals surface area contributed by atoms with E-state index in [2.05, 4.69) is 20.5 Å². The molecule has 0 radical (unpaired) electrons. The summed E-state index contributed by atoms with van der Waals surface area (Å²) in [5.74, 6) is 2.04. The highest BCUT2D eigenvalue weighted by molar-refractivity contribution is 9.10. The Hall–Kier alpha value is -3.79. The molecule has 10 heteroatoms. The van der Waals surface area contributed by atoms with E-state index >= 15 is 0 Å². The molecule has 0 N–H and O–H groups in total. The first-order valence-corrected chi connectivity index (χ1v) is 12.9. The van der Waals surface area contributed by atoms with Gasteiger partial charge in [-0.2, -0.15) is 4.98 Å². The van der Waals surface area contributed by atoms with Gasteiger partial charge in [-0.05, 0) is 55.7 Å². The number of nitrogens with zero attached hydrogens (tertiary/aromatic N) is 5. The van der Waals surface area contributed by atoms with Crippen LogP contribution in [0.15, 0.2) is 62.7 Å². The summed E-state index contributed by atoms with van der Waals surface area (Å²) >= 11 is 3.50. The van der Waals surface area contributed by atoms with Gasteiger partial charge in [0.1, 0.15) is 0 Å². The average Bonchev–Trinajstić information content (AvgIpc) is 3.43. The molecule has 0 unspecified atom stereocenters. The van der Waals surface area contributed by atoms with E-state index in [9.17, 15) is 9.59 Å². The third kappa shape index (κ3) is 4.35. The zero-order valence-electron chi connectivity index (χ0n) is 21.2. The van der Waals surface area contributed by atoms with E-state index in [0.717, 1.165) is 37.4 Å². The van der Waals surface area contributed by atoms with Gasteiger partial charge in [0.05, 0.1) is 18.9 Å². The summed E-state index contributed by atoms with van der Waals surface area (Å²) in [4.78, 5) is 30.4. The van der Waals surface area contributed by atoms with Gasteiger partial charge in [0.15, 0.2) is 22.7 Å². The van der Waals surface area contributed by atoms with Crippen LogP contribution in [0.25, 0.3) is 28.2 Å². The molecule has 0 aliphatic heterocycles. The van der Waals surface area contributed by atoms with Crippen molar-refractivity contribution >= 4 is 32.9 Å². The molecule has 3 heterocycles. The highest BCUT2D eigenvalue weighted by Crippen LogP contribution is 2.30. The van der Waals surface area contributed by atoms with Gasteiger partial charge in [-0.1, -0.05) is 34.1 Å². The molecule has 9 nitrogen and oxygen atoms in total. The monoisotopic (exact) mass is 565 g/mol. The summed E-state index contributed by atoms with van der Waals surface area (Å²) in [5, 5.41) is 0. The molecule has 3 aromatic heterocycles. The van der Waals surface area contributed by atoms with E-state index in [-0.39, 0.29) is 5.56 Å². The second kappa shape index (κ2) is 9.93. The van der Waals surface area contributed by atoms with Crippen LogP contribution in [0.5, 0.6) is 11.5 Å². The van der Waals surface area contributed by atoms with Crippen molar-refractivity contribution in [1.29, 1.82) is 0 Å². The Bertz CT molecular complexity index is 1730. The number of benzene rings is 2. The predicted molar refractivity (Wildman–Crippen MR) is 147 cm³/mol. The Morgan fingerprint density at radius 1 is 0.919 bits per heavy atom. The van der Waals surface area contributed by atoms with Crippen molar-refractivity contribution in [1.82, 2.24) is 23.1 Å². The fourth-order valence-electron chi connectivity index (χ4n) is 4.58. The van der Waals surface area contributed by atoms with Crippen LogP contribution in [0.3, 0.4) is 0 Å². The molecule has 0 spiro atoms. The molecule has 0 aliphatic rings. The SMILES string of the molecule is CCOc1ccc(CCn2c(-c3ccc(Br)cc3)cn3c4c(=O)n(C)c(=O)n(C)c4nc23)cc1OCC.